The van der Waals surface area contributed by atoms with Crippen LogP contribution in [0, 0.1) is 18.3 Å². The van der Waals surface area contributed by atoms with Crippen LogP contribution in [0.1, 0.15) is 38.8 Å². The first-order chi connectivity index (χ1) is 7.63. The minimum atomic E-state index is -0.542. The molecule has 0 aliphatic heterocycles. The van der Waals surface area contributed by atoms with E-state index in [9.17, 15) is 9.59 Å². The summed E-state index contributed by atoms with van der Waals surface area (Å²) in [5.74, 6) is -0.542. The lowest BCUT2D eigenvalue weighted by atomic mass is 10.0. The summed E-state index contributed by atoms with van der Waals surface area (Å²) in [4.78, 5) is 22.2. The number of rotatable bonds is 3. The Labute approximate surface area is 93.5 Å². The number of aryl methyl sites for hydroxylation is 1. The van der Waals surface area contributed by atoms with Gasteiger partial charge in [0.15, 0.2) is 0 Å². The zero-order valence-corrected chi connectivity index (χ0v) is 9.11. The summed E-state index contributed by atoms with van der Waals surface area (Å²) >= 11 is 0. The number of carbonyl (C=O) groups excluding carboxylic acids is 2. The zero-order chi connectivity index (χ0) is 12.1. The van der Waals surface area contributed by atoms with Gasteiger partial charge in [0.1, 0.15) is 12.4 Å². The Morgan fingerprint density at radius 1 is 1.56 bits per heavy atom. The summed E-state index contributed by atoms with van der Waals surface area (Å²) in [7, 11) is 0. The molecular weight excluding hydrogens is 206 g/mol. The van der Waals surface area contributed by atoms with Gasteiger partial charge < -0.3 is 4.74 Å². The van der Waals surface area contributed by atoms with E-state index in [0.717, 1.165) is 0 Å². The number of hydrogen-bond donors (Lipinski definition) is 0. The minimum absolute atomic E-state index is 0.158. The van der Waals surface area contributed by atoms with Crippen molar-refractivity contribution in [3.63, 3.8) is 0 Å². The second-order valence-corrected chi connectivity index (χ2v) is 3.20. The highest BCUT2D eigenvalue weighted by Crippen LogP contribution is 2.16. The van der Waals surface area contributed by atoms with Gasteiger partial charge in [-0.25, -0.2) is 4.79 Å². The third kappa shape index (κ3) is 2.26. The average molecular weight is 217 g/mol. The van der Waals surface area contributed by atoms with Gasteiger partial charge in [0.2, 0.25) is 0 Å². The number of hydrogen-bond acceptors (Lipinski definition) is 4. The molecule has 4 heteroatoms. The second-order valence-electron chi connectivity index (χ2n) is 3.20. The van der Waals surface area contributed by atoms with E-state index in [4.69, 9.17) is 10.00 Å². The predicted molar refractivity (Wildman–Crippen MR) is 57.2 cm³/mol. The molecule has 1 aromatic rings. The van der Waals surface area contributed by atoms with E-state index in [2.05, 4.69) is 0 Å². The maximum absolute atomic E-state index is 11.5. The van der Waals surface area contributed by atoms with Gasteiger partial charge in [0.05, 0.1) is 17.7 Å². The Morgan fingerprint density at radius 2 is 2.25 bits per heavy atom. The molecule has 0 spiro atoms. The molecule has 0 saturated heterocycles. The Morgan fingerprint density at radius 3 is 2.75 bits per heavy atom. The monoisotopic (exact) mass is 217 g/mol. The zero-order valence-electron chi connectivity index (χ0n) is 9.11. The molecule has 0 aromatic heterocycles. The second kappa shape index (κ2) is 5.08. The normalized spacial score (nSPS) is 9.31. The number of nitrogens with zero attached hydrogens (tertiary/aromatic N) is 1. The molecule has 0 aliphatic carbocycles. The van der Waals surface area contributed by atoms with Crippen LogP contribution in [0.4, 0.5) is 0 Å². The van der Waals surface area contributed by atoms with Crippen LogP contribution in [0.2, 0.25) is 0 Å². The van der Waals surface area contributed by atoms with E-state index < -0.39 is 5.97 Å². The summed E-state index contributed by atoms with van der Waals surface area (Å²) in [6.45, 7) is 3.64. The molecule has 0 radical (unpaired) electrons. The van der Waals surface area contributed by atoms with Gasteiger partial charge in [-0.05, 0) is 31.5 Å². The Kier molecular flexibility index (Phi) is 3.78. The lowest BCUT2D eigenvalue weighted by Gasteiger charge is -2.06. The number of ether oxygens (including phenoxy) is 1. The molecule has 0 fully saturated rings. The van der Waals surface area contributed by atoms with E-state index >= 15 is 0 Å². The first-order valence-electron chi connectivity index (χ1n) is 4.81. The predicted octanol–water partition coefficient (Wildman–Crippen LogP) is 1.86. The van der Waals surface area contributed by atoms with Crippen LogP contribution in [0.3, 0.4) is 0 Å². The summed E-state index contributed by atoms with van der Waals surface area (Å²) in [6, 6.07) is 4.77. The maximum Gasteiger partial charge on any atom is 0.339 e. The molecule has 82 valence electrons. The molecule has 0 amide bonds. The van der Waals surface area contributed by atoms with Crippen LogP contribution >= 0.6 is 0 Å². The van der Waals surface area contributed by atoms with Crippen molar-refractivity contribution in [2.24, 2.45) is 0 Å². The fourth-order valence-corrected chi connectivity index (χ4v) is 1.32. The quantitative estimate of drug-likeness (QED) is 0.572. The van der Waals surface area contributed by atoms with E-state index in [1.54, 1.807) is 13.8 Å². The third-order valence-corrected chi connectivity index (χ3v) is 2.15. The number of carbonyl (C=O) groups is 2. The Bertz CT molecular complexity index is 472. The summed E-state index contributed by atoms with van der Waals surface area (Å²) in [6.07, 6.45) is 0.658. The van der Waals surface area contributed by atoms with Crippen molar-refractivity contribution in [1.29, 1.82) is 5.26 Å². The van der Waals surface area contributed by atoms with Gasteiger partial charge >= 0.3 is 5.97 Å². The van der Waals surface area contributed by atoms with E-state index in [1.165, 1.54) is 12.1 Å². The van der Waals surface area contributed by atoms with Crippen molar-refractivity contribution in [3.05, 3.63) is 34.4 Å². The van der Waals surface area contributed by atoms with Crippen LogP contribution < -0.4 is 0 Å². The molecule has 1 aromatic carbocycles. The van der Waals surface area contributed by atoms with Crippen molar-refractivity contribution in [2.75, 3.05) is 6.61 Å². The molecule has 16 heavy (non-hydrogen) atoms. The topological polar surface area (TPSA) is 67.2 Å². The van der Waals surface area contributed by atoms with E-state index in [0.29, 0.717) is 17.4 Å². The van der Waals surface area contributed by atoms with Crippen molar-refractivity contribution in [3.8, 4) is 6.07 Å². The molecule has 0 heterocycles. The highest BCUT2D eigenvalue weighted by molar-refractivity contribution is 5.94. The van der Waals surface area contributed by atoms with Crippen molar-refractivity contribution in [2.45, 2.75) is 13.8 Å². The number of esters is 1. The number of nitriles is 1. The van der Waals surface area contributed by atoms with E-state index in [1.807, 2.05) is 6.07 Å². The van der Waals surface area contributed by atoms with Crippen LogP contribution in [-0.2, 0) is 4.74 Å². The molecular formula is C12H11NO3. The largest absolute Gasteiger partial charge is 0.462 e. The minimum Gasteiger partial charge on any atom is -0.462 e. The molecule has 0 unspecified atom stereocenters. The van der Waals surface area contributed by atoms with Gasteiger partial charge in [-0.2, -0.15) is 5.26 Å². The lowest BCUT2D eigenvalue weighted by Crippen LogP contribution is -2.08. The molecule has 0 saturated carbocycles. The van der Waals surface area contributed by atoms with Gasteiger partial charge in [0.25, 0.3) is 0 Å². The van der Waals surface area contributed by atoms with Crippen LogP contribution in [0.15, 0.2) is 12.1 Å². The van der Waals surface area contributed by atoms with Crippen LogP contribution in [-0.4, -0.2) is 18.9 Å². The van der Waals surface area contributed by atoms with Crippen molar-refractivity contribution >= 4 is 12.3 Å². The van der Waals surface area contributed by atoms with E-state index in [-0.39, 0.29) is 17.7 Å². The van der Waals surface area contributed by atoms with Gasteiger partial charge in [-0.3, -0.25) is 4.79 Å². The number of benzene rings is 1. The molecule has 1 rings (SSSR count). The summed E-state index contributed by atoms with van der Waals surface area (Å²) in [5.41, 5.74) is 1.42. The third-order valence-electron chi connectivity index (χ3n) is 2.15. The highest BCUT2D eigenvalue weighted by Gasteiger charge is 2.14. The SMILES string of the molecule is CCOC(=O)c1cc(C)c(C=O)cc1C#N. The van der Waals surface area contributed by atoms with Gasteiger partial charge in [0, 0.05) is 5.56 Å². The fraction of sp³-hybridized carbons (Fsp3) is 0.250. The Hall–Kier alpha value is -2.15. The first-order valence-corrected chi connectivity index (χ1v) is 4.81. The first kappa shape index (κ1) is 11.9. The molecule has 0 N–H and O–H groups in total. The van der Waals surface area contributed by atoms with Crippen molar-refractivity contribution in [1.82, 2.24) is 0 Å². The molecule has 4 nitrogen and oxygen atoms in total. The highest BCUT2D eigenvalue weighted by atomic mass is 16.5. The molecule has 0 atom stereocenters. The molecule has 0 aliphatic rings. The van der Waals surface area contributed by atoms with Crippen LogP contribution in [0.5, 0.6) is 0 Å². The van der Waals surface area contributed by atoms with Crippen LogP contribution in [0.25, 0.3) is 0 Å². The fourth-order valence-electron chi connectivity index (χ4n) is 1.32. The lowest BCUT2D eigenvalue weighted by molar-refractivity contribution is 0.0525. The van der Waals surface area contributed by atoms with Gasteiger partial charge in [-0.15, -0.1) is 0 Å². The average Bonchev–Trinajstić information content (AvgIpc) is 2.29. The maximum atomic E-state index is 11.5. The van der Waals surface area contributed by atoms with Crippen molar-refractivity contribution < 1.29 is 14.3 Å². The number of aldehydes is 1. The van der Waals surface area contributed by atoms with Gasteiger partial charge in [-0.1, -0.05) is 0 Å². The standard InChI is InChI=1S/C12H11NO3/c1-3-16-12(15)11-4-8(2)10(7-14)5-9(11)6-13/h4-5,7H,3H2,1-2H3. The molecule has 0 bridgehead atoms. The summed E-state index contributed by atoms with van der Waals surface area (Å²) < 4.78 is 4.82. The summed E-state index contributed by atoms with van der Waals surface area (Å²) in [5, 5.41) is 8.87. The Balaban J connectivity index is 3.30. The smallest absolute Gasteiger partial charge is 0.339 e.